The van der Waals surface area contributed by atoms with Gasteiger partial charge >= 0.3 is 11.6 Å². The summed E-state index contributed by atoms with van der Waals surface area (Å²) in [5.74, 6) is -1.43. The van der Waals surface area contributed by atoms with Crippen molar-refractivity contribution < 1.29 is 29.0 Å². The number of fused-ring (bicyclic) bond motifs is 2. The minimum Gasteiger partial charge on any atom is -0.508 e. The highest BCUT2D eigenvalue weighted by Gasteiger charge is 2.22. The number of carboxylic acids is 1. The van der Waals surface area contributed by atoms with Crippen molar-refractivity contribution in [2.24, 2.45) is 0 Å². The van der Waals surface area contributed by atoms with E-state index < -0.39 is 30.2 Å². The average Bonchev–Trinajstić information content (AvgIpc) is 3.18. The van der Waals surface area contributed by atoms with Crippen molar-refractivity contribution in [3.63, 3.8) is 0 Å². The number of aromatic amines is 1. The van der Waals surface area contributed by atoms with Gasteiger partial charge in [0.25, 0.3) is 5.91 Å². The van der Waals surface area contributed by atoms with E-state index in [0.717, 1.165) is 29.3 Å². The standard InChI is InChI=1S/C25H24N2O7/c1-2-3-14-9-24(30)34-22-11-17(5-6-18(14)22)33-13-23(29)27-21(25(31)32)8-15-12-26-20-7-4-16(28)10-19(15)20/h4-7,9-12,21,26,28H,2-3,8,13H2,1H3,(H,27,29)(H,31,32). The van der Waals surface area contributed by atoms with Gasteiger partial charge < -0.3 is 29.7 Å². The number of carbonyl (C=O) groups excluding carboxylic acids is 1. The molecule has 0 fully saturated rings. The van der Waals surface area contributed by atoms with Crippen molar-refractivity contribution in [1.29, 1.82) is 0 Å². The molecule has 1 unspecified atom stereocenters. The first kappa shape index (κ1) is 22.9. The molecule has 4 aromatic rings. The third-order valence-corrected chi connectivity index (χ3v) is 5.50. The highest BCUT2D eigenvalue weighted by molar-refractivity contribution is 5.88. The average molecular weight is 464 g/mol. The fourth-order valence-electron chi connectivity index (χ4n) is 3.92. The zero-order chi connectivity index (χ0) is 24.2. The molecular formula is C25H24N2O7. The van der Waals surface area contributed by atoms with E-state index in [4.69, 9.17) is 9.15 Å². The summed E-state index contributed by atoms with van der Waals surface area (Å²) in [4.78, 5) is 39.0. The highest BCUT2D eigenvalue weighted by Crippen LogP contribution is 2.25. The number of nitrogens with one attached hydrogen (secondary N) is 2. The molecular weight excluding hydrogens is 440 g/mol. The first-order valence-corrected chi connectivity index (χ1v) is 10.8. The number of carboxylic acid groups (broad SMARTS) is 1. The van der Waals surface area contributed by atoms with Crippen LogP contribution in [-0.2, 0) is 22.4 Å². The molecule has 0 aliphatic rings. The van der Waals surface area contributed by atoms with E-state index in [1.807, 2.05) is 6.92 Å². The Balaban J connectivity index is 1.43. The molecule has 1 amide bonds. The van der Waals surface area contributed by atoms with Crippen molar-refractivity contribution in [3.05, 3.63) is 70.2 Å². The third-order valence-electron chi connectivity index (χ3n) is 5.50. The van der Waals surface area contributed by atoms with E-state index in [2.05, 4.69) is 10.3 Å². The summed E-state index contributed by atoms with van der Waals surface area (Å²) < 4.78 is 10.8. The first-order chi connectivity index (χ1) is 16.3. The quantitative estimate of drug-likeness (QED) is 0.279. The van der Waals surface area contributed by atoms with Crippen LogP contribution in [0.5, 0.6) is 11.5 Å². The Hall–Kier alpha value is -4.27. The molecule has 0 spiro atoms. The first-order valence-electron chi connectivity index (χ1n) is 10.8. The van der Waals surface area contributed by atoms with Gasteiger partial charge in [-0.05, 0) is 47.9 Å². The van der Waals surface area contributed by atoms with Gasteiger partial charge in [0.15, 0.2) is 6.61 Å². The molecule has 2 aromatic carbocycles. The van der Waals surface area contributed by atoms with Crippen LogP contribution in [-0.4, -0.2) is 39.7 Å². The lowest BCUT2D eigenvalue weighted by molar-refractivity contribution is -0.142. The number of aromatic hydroxyl groups is 1. The molecule has 0 bridgehead atoms. The number of amides is 1. The van der Waals surface area contributed by atoms with Crippen molar-refractivity contribution >= 4 is 33.7 Å². The van der Waals surface area contributed by atoms with Gasteiger partial charge in [-0.2, -0.15) is 0 Å². The summed E-state index contributed by atoms with van der Waals surface area (Å²) >= 11 is 0. The lowest BCUT2D eigenvalue weighted by atomic mass is 10.0. The van der Waals surface area contributed by atoms with E-state index in [1.165, 1.54) is 24.3 Å². The number of hydrogen-bond donors (Lipinski definition) is 4. The van der Waals surface area contributed by atoms with Gasteiger partial charge in [0.05, 0.1) is 0 Å². The number of phenols is 1. The van der Waals surface area contributed by atoms with E-state index in [9.17, 15) is 24.6 Å². The number of benzene rings is 2. The molecule has 9 heteroatoms. The Kier molecular flexibility index (Phi) is 6.53. The molecule has 0 aliphatic heterocycles. The Morgan fingerprint density at radius 1 is 1.12 bits per heavy atom. The van der Waals surface area contributed by atoms with Crippen LogP contribution < -0.4 is 15.7 Å². The van der Waals surface area contributed by atoms with Crippen molar-refractivity contribution in [3.8, 4) is 11.5 Å². The second-order valence-electron chi connectivity index (χ2n) is 7.99. The number of rotatable bonds is 9. The molecule has 0 aliphatic carbocycles. The molecule has 0 saturated carbocycles. The minimum absolute atomic E-state index is 0.0197. The topological polar surface area (TPSA) is 142 Å². The largest absolute Gasteiger partial charge is 0.508 e. The monoisotopic (exact) mass is 464 g/mol. The summed E-state index contributed by atoms with van der Waals surface area (Å²) in [7, 11) is 0. The molecule has 0 saturated heterocycles. The van der Waals surface area contributed by atoms with E-state index >= 15 is 0 Å². The second kappa shape index (κ2) is 9.70. The molecule has 9 nitrogen and oxygen atoms in total. The summed E-state index contributed by atoms with van der Waals surface area (Å²) in [5, 5.41) is 23.3. The number of ether oxygens (including phenoxy) is 1. The lowest BCUT2D eigenvalue weighted by Crippen LogP contribution is -2.44. The Bertz CT molecular complexity index is 1420. The van der Waals surface area contributed by atoms with E-state index in [-0.39, 0.29) is 12.2 Å². The Morgan fingerprint density at radius 2 is 1.94 bits per heavy atom. The highest BCUT2D eigenvalue weighted by atomic mass is 16.5. The fourth-order valence-corrected chi connectivity index (χ4v) is 3.92. The van der Waals surface area contributed by atoms with Gasteiger partial charge in [0.2, 0.25) is 0 Å². The van der Waals surface area contributed by atoms with Crippen LogP contribution >= 0.6 is 0 Å². The molecule has 1 atom stereocenters. The molecule has 2 heterocycles. The maximum Gasteiger partial charge on any atom is 0.336 e. The van der Waals surface area contributed by atoms with Crippen LogP contribution in [0, 0.1) is 0 Å². The number of hydrogen-bond acceptors (Lipinski definition) is 6. The minimum atomic E-state index is -1.20. The van der Waals surface area contributed by atoms with Crippen LogP contribution in [0.3, 0.4) is 0 Å². The van der Waals surface area contributed by atoms with Gasteiger partial charge in [-0.15, -0.1) is 0 Å². The second-order valence-corrected chi connectivity index (χ2v) is 7.99. The van der Waals surface area contributed by atoms with Crippen LogP contribution in [0.1, 0.15) is 24.5 Å². The maximum atomic E-state index is 12.4. The smallest absolute Gasteiger partial charge is 0.336 e. The van der Waals surface area contributed by atoms with Gasteiger partial charge in [-0.3, -0.25) is 4.79 Å². The zero-order valence-electron chi connectivity index (χ0n) is 18.5. The molecule has 2 aromatic heterocycles. The Morgan fingerprint density at radius 3 is 2.71 bits per heavy atom. The van der Waals surface area contributed by atoms with Crippen LogP contribution in [0.15, 0.2) is 57.9 Å². The van der Waals surface area contributed by atoms with E-state index in [0.29, 0.717) is 22.3 Å². The molecule has 176 valence electrons. The lowest BCUT2D eigenvalue weighted by Gasteiger charge is -2.15. The SMILES string of the molecule is CCCc1cc(=O)oc2cc(OCC(=O)NC(Cc3c[nH]c4ccc(O)cc34)C(=O)O)ccc12. The number of aryl methyl sites for hydroxylation is 1. The number of H-pyrrole nitrogens is 1. The predicted octanol–water partition coefficient (Wildman–Crippen LogP) is 3.12. The molecule has 4 N–H and O–H groups in total. The predicted molar refractivity (Wildman–Crippen MR) is 125 cm³/mol. The summed E-state index contributed by atoms with van der Waals surface area (Å²) in [6.45, 7) is 1.60. The van der Waals surface area contributed by atoms with Crippen molar-refractivity contribution in [1.82, 2.24) is 10.3 Å². The zero-order valence-corrected chi connectivity index (χ0v) is 18.5. The van der Waals surface area contributed by atoms with Crippen LogP contribution in [0.2, 0.25) is 0 Å². The van der Waals surface area contributed by atoms with Gasteiger partial charge in [0, 0.05) is 41.0 Å². The van der Waals surface area contributed by atoms with Gasteiger partial charge in [-0.1, -0.05) is 13.3 Å². The number of phenolic OH excluding ortho intramolecular Hbond substituents is 1. The van der Waals surface area contributed by atoms with Crippen LogP contribution in [0.25, 0.3) is 21.9 Å². The van der Waals surface area contributed by atoms with Crippen molar-refractivity contribution in [2.45, 2.75) is 32.2 Å². The summed E-state index contributed by atoms with van der Waals surface area (Å²) in [5.41, 5.74) is 2.18. The normalized spacial score (nSPS) is 12.0. The van der Waals surface area contributed by atoms with Crippen molar-refractivity contribution in [2.75, 3.05) is 6.61 Å². The third kappa shape index (κ3) is 5.03. The van der Waals surface area contributed by atoms with Crippen LogP contribution in [0.4, 0.5) is 0 Å². The van der Waals surface area contributed by atoms with Gasteiger partial charge in [0.1, 0.15) is 23.1 Å². The maximum absolute atomic E-state index is 12.4. The van der Waals surface area contributed by atoms with E-state index in [1.54, 1.807) is 24.4 Å². The summed E-state index contributed by atoms with van der Waals surface area (Å²) in [6.07, 6.45) is 3.28. The summed E-state index contributed by atoms with van der Waals surface area (Å²) in [6, 6.07) is 10.0. The van der Waals surface area contributed by atoms with Gasteiger partial charge in [-0.25, -0.2) is 9.59 Å². The fraction of sp³-hybridized carbons (Fsp3) is 0.240. The number of aromatic nitrogens is 1. The Labute approximate surface area is 194 Å². The number of carbonyl (C=O) groups is 2. The molecule has 4 rings (SSSR count). The number of aliphatic carboxylic acids is 1. The molecule has 0 radical (unpaired) electrons. The molecule has 34 heavy (non-hydrogen) atoms.